The van der Waals surface area contributed by atoms with Crippen molar-refractivity contribution in [3.8, 4) is 5.75 Å². The first-order chi connectivity index (χ1) is 14.1. The lowest BCUT2D eigenvalue weighted by molar-refractivity contribution is -0.384. The second kappa shape index (κ2) is 9.57. The van der Waals surface area contributed by atoms with Crippen molar-refractivity contribution in [3.63, 3.8) is 0 Å². The Morgan fingerprint density at radius 2 is 1.93 bits per heavy atom. The predicted octanol–water partition coefficient (Wildman–Crippen LogP) is 2.77. The minimum atomic E-state index is -3.97. The molecular weight excluding hydrogens is 410 g/mol. The lowest BCUT2D eigenvalue weighted by atomic mass is 10.1. The van der Waals surface area contributed by atoms with E-state index in [1.54, 1.807) is 6.92 Å². The van der Waals surface area contributed by atoms with E-state index in [9.17, 15) is 23.3 Å². The van der Waals surface area contributed by atoms with Gasteiger partial charge in [-0.2, -0.15) is 0 Å². The van der Waals surface area contributed by atoms with Crippen LogP contribution in [-0.2, 0) is 21.4 Å². The van der Waals surface area contributed by atoms with E-state index < -0.39 is 26.9 Å². The molecule has 10 heteroatoms. The Balaban J connectivity index is 2.44. The summed E-state index contributed by atoms with van der Waals surface area (Å²) in [6, 6.07) is 10.0. The Hall–Kier alpha value is -3.14. The Kier molecular flexibility index (Phi) is 7.38. The number of hydrogen-bond donors (Lipinski definition) is 1. The zero-order valence-electron chi connectivity index (χ0n) is 17.3. The summed E-state index contributed by atoms with van der Waals surface area (Å²) in [5.41, 5.74) is 1.52. The highest BCUT2D eigenvalue weighted by atomic mass is 32.2. The molecular formula is C20H25N3O6S. The second-order valence-corrected chi connectivity index (χ2v) is 8.60. The van der Waals surface area contributed by atoms with Crippen LogP contribution in [0.2, 0.25) is 0 Å². The third-order valence-corrected chi connectivity index (χ3v) is 5.82. The average Bonchev–Trinajstić information content (AvgIpc) is 2.69. The maximum atomic E-state index is 12.9. The molecule has 9 nitrogen and oxygen atoms in total. The summed E-state index contributed by atoms with van der Waals surface area (Å²) in [4.78, 5) is 23.5. The van der Waals surface area contributed by atoms with Crippen LogP contribution in [-0.4, -0.2) is 38.7 Å². The molecule has 0 aliphatic carbocycles. The second-order valence-electron chi connectivity index (χ2n) is 6.74. The lowest BCUT2D eigenvalue weighted by Crippen LogP contribution is -2.49. The van der Waals surface area contributed by atoms with E-state index in [1.807, 2.05) is 31.2 Å². The van der Waals surface area contributed by atoms with E-state index in [0.717, 1.165) is 27.8 Å². The maximum Gasteiger partial charge on any atom is 0.271 e. The van der Waals surface area contributed by atoms with Crippen LogP contribution >= 0.6 is 0 Å². The number of hydrogen-bond acceptors (Lipinski definition) is 6. The molecule has 0 aliphatic heterocycles. The molecule has 2 rings (SSSR count). The van der Waals surface area contributed by atoms with Crippen LogP contribution in [0.1, 0.15) is 24.5 Å². The lowest BCUT2D eigenvalue weighted by Gasteiger charge is -2.31. The summed E-state index contributed by atoms with van der Waals surface area (Å²) in [5, 5.41) is 14.0. The molecule has 2 aromatic rings. The van der Waals surface area contributed by atoms with Crippen LogP contribution in [0.15, 0.2) is 42.5 Å². The van der Waals surface area contributed by atoms with Gasteiger partial charge in [-0.05, 0) is 30.5 Å². The molecule has 0 heterocycles. The number of aryl methyl sites for hydroxylation is 1. The molecule has 0 saturated carbocycles. The number of amides is 1. The van der Waals surface area contributed by atoms with Crippen LogP contribution in [0.3, 0.4) is 0 Å². The molecule has 0 fully saturated rings. The highest BCUT2D eigenvalue weighted by Crippen LogP contribution is 2.35. The highest BCUT2D eigenvalue weighted by Gasteiger charge is 2.34. The van der Waals surface area contributed by atoms with Crippen molar-refractivity contribution in [2.45, 2.75) is 32.9 Å². The van der Waals surface area contributed by atoms with Crippen molar-refractivity contribution in [2.24, 2.45) is 0 Å². The molecule has 0 radical (unpaired) electrons. The minimum absolute atomic E-state index is 0.0629. The van der Waals surface area contributed by atoms with E-state index in [2.05, 4.69) is 5.32 Å². The number of nitrogens with zero attached hydrogens (tertiary/aromatic N) is 2. The standard InChI is InChI=1S/C20H25N3O6S/c1-5-17(20(24)21-13-15-9-7-6-8-14(15)2)22(30(4,27)28)18-12-16(23(25)26)10-11-19(18)29-3/h6-12,17H,5,13H2,1-4H3,(H,21,24). The van der Waals surface area contributed by atoms with Gasteiger partial charge in [0.05, 0.1) is 18.3 Å². The van der Waals surface area contributed by atoms with Gasteiger partial charge < -0.3 is 10.1 Å². The van der Waals surface area contributed by atoms with Crippen LogP contribution in [0.25, 0.3) is 0 Å². The first-order valence-corrected chi connectivity index (χ1v) is 11.1. The molecule has 0 aliphatic rings. The number of nitro benzene ring substituents is 1. The number of non-ortho nitro benzene ring substituents is 1. The van der Waals surface area contributed by atoms with Gasteiger partial charge in [-0.1, -0.05) is 31.2 Å². The molecule has 1 unspecified atom stereocenters. The molecule has 1 amide bonds. The van der Waals surface area contributed by atoms with Crippen LogP contribution in [0.4, 0.5) is 11.4 Å². The van der Waals surface area contributed by atoms with Gasteiger partial charge in [-0.25, -0.2) is 8.42 Å². The molecule has 1 N–H and O–H groups in total. The summed E-state index contributed by atoms with van der Waals surface area (Å²) in [5.74, 6) is -0.407. The highest BCUT2D eigenvalue weighted by molar-refractivity contribution is 7.92. The van der Waals surface area contributed by atoms with Gasteiger partial charge in [0.25, 0.3) is 5.69 Å². The number of nitrogens with one attached hydrogen (secondary N) is 1. The van der Waals surface area contributed by atoms with E-state index in [0.29, 0.717) is 0 Å². The fourth-order valence-corrected chi connectivity index (χ4v) is 4.32. The van der Waals surface area contributed by atoms with Crippen LogP contribution < -0.4 is 14.4 Å². The van der Waals surface area contributed by atoms with Gasteiger partial charge in [-0.3, -0.25) is 19.2 Å². The molecule has 1 atom stereocenters. The molecule has 0 spiro atoms. The summed E-state index contributed by atoms with van der Waals surface area (Å²) in [6.45, 7) is 3.81. The number of sulfonamides is 1. The monoisotopic (exact) mass is 435 g/mol. The van der Waals surface area contributed by atoms with E-state index in [1.165, 1.54) is 19.2 Å². The summed E-state index contributed by atoms with van der Waals surface area (Å²) in [7, 11) is -2.65. The number of nitro groups is 1. The smallest absolute Gasteiger partial charge is 0.271 e. The van der Waals surface area contributed by atoms with Crippen molar-refractivity contribution in [1.82, 2.24) is 5.32 Å². The molecule has 30 heavy (non-hydrogen) atoms. The zero-order chi connectivity index (χ0) is 22.5. The van der Waals surface area contributed by atoms with Crippen LogP contribution in [0, 0.1) is 17.0 Å². The zero-order valence-corrected chi connectivity index (χ0v) is 18.1. The van der Waals surface area contributed by atoms with Gasteiger partial charge >= 0.3 is 0 Å². The molecule has 0 aromatic heterocycles. The quantitative estimate of drug-likeness (QED) is 0.478. The van der Waals surface area contributed by atoms with Crippen molar-refractivity contribution in [2.75, 3.05) is 17.7 Å². The Labute approximate surface area is 175 Å². The first kappa shape index (κ1) is 23.1. The largest absolute Gasteiger partial charge is 0.495 e. The molecule has 0 bridgehead atoms. The Bertz CT molecular complexity index is 1040. The molecule has 2 aromatic carbocycles. The normalized spacial score (nSPS) is 12.1. The SMILES string of the molecule is CCC(C(=O)NCc1ccccc1C)N(c1cc([N+](=O)[O-])ccc1OC)S(C)(=O)=O. The number of benzene rings is 2. The van der Waals surface area contributed by atoms with Gasteiger partial charge in [0, 0.05) is 18.7 Å². The number of rotatable bonds is 9. The Morgan fingerprint density at radius 3 is 2.47 bits per heavy atom. The van der Waals surface area contributed by atoms with Crippen LogP contribution in [0.5, 0.6) is 5.75 Å². The van der Waals surface area contributed by atoms with E-state index in [-0.39, 0.29) is 30.1 Å². The first-order valence-electron chi connectivity index (χ1n) is 9.24. The van der Waals surface area contributed by atoms with Crippen molar-refractivity contribution >= 4 is 27.3 Å². The van der Waals surface area contributed by atoms with Gasteiger partial charge in [0.1, 0.15) is 17.5 Å². The predicted molar refractivity (Wildman–Crippen MR) is 114 cm³/mol. The fraction of sp³-hybridized carbons (Fsp3) is 0.350. The molecule has 162 valence electrons. The summed E-state index contributed by atoms with van der Waals surface area (Å²) in [6.07, 6.45) is 1.10. The summed E-state index contributed by atoms with van der Waals surface area (Å²) < 4.78 is 31.4. The Morgan fingerprint density at radius 1 is 1.27 bits per heavy atom. The van der Waals surface area contributed by atoms with Crippen molar-refractivity contribution < 1.29 is 22.9 Å². The molecule has 0 saturated heterocycles. The van der Waals surface area contributed by atoms with E-state index >= 15 is 0 Å². The number of carbonyl (C=O) groups is 1. The van der Waals surface area contributed by atoms with E-state index in [4.69, 9.17) is 4.74 Å². The van der Waals surface area contributed by atoms with Gasteiger partial charge in [0.2, 0.25) is 15.9 Å². The van der Waals surface area contributed by atoms with Gasteiger partial charge in [0.15, 0.2) is 0 Å². The minimum Gasteiger partial charge on any atom is -0.495 e. The topological polar surface area (TPSA) is 119 Å². The third-order valence-electron chi connectivity index (χ3n) is 4.65. The number of anilines is 1. The third kappa shape index (κ3) is 5.26. The average molecular weight is 436 g/mol. The number of methoxy groups -OCH3 is 1. The number of ether oxygens (including phenoxy) is 1. The fourth-order valence-electron chi connectivity index (χ4n) is 3.11. The maximum absolute atomic E-state index is 12.9. The van der Waals surface area contributed by atoms with Gasteiger partial charge in [-0.15, -0.1) is 0 Å². The van der Waals surface area contributed by atoms with Crippen molar-refractivity contribution in [1.29, 1.82) is 0 Å². The summed E-state index contributed by atoms with van der Waals surface area (Å²) >= 11 is 0. The number of carbonyl (C=O) groups excluding carboxylic acids is 1. The van der Waals surface area contributed by atoms with Crippen molar-refractivity contribution in [3.05, 3.63) is 63.7 Å².